The Balaban J connectivity index is 1.54. The number of aromatic nitrogens is 2. The lowest BCUT2D eigenvalue weighted by Crippen LogP contribution is -2.52. The fourth-order valence-corrected chi connectivity index (χ4v) is 5.64. The molecule has 2 aromatic rings. The Morgan fingerprint density at radius 3 is 2.46 bits per heavy atom. The average molecular weight is 523 g/mol. The first kappa shape index (κ1) is 27.1. The Morgan fingerprint density at radius 1 is 1.16 bits per heavy atom. The highest BCUT2D eigenvalue weighted by Crippen LogP contribution is 2.35. The number of amides is 1. The molecule has 2 aliphatic heterocycles. The molecule has 4 N–H and O–H groups in total. The van der Waals surface area contributed by atoms with Crippen molar-refractivity contribution in [2.75, 3.05) is 36.4 Å². The normalized spacial score (nSPS) is 18.1. The van der Waals surface area contributed by atoms with Gasteiger partial charge in [-0.15, -0.1) is 0 Å². The molecule has 9 nitrogen and oxygen atoms in total. The van der Waals surface area contributed by atoms with E-state index in [9.17, 15) is 4.79 Å². The summed E-state index contributed by atoms with van der Waals surface area (Å²) in [6.07, 6.45) is 5.54. The molecule has 198 valence electrons. The third-order valence-corrected chi connectivity index (χ3v) is 7.96. The van der Waals surface area contributed by atoms with Crippen LogP contribution in [0.5, 0.6) is 0 Å². The number of hydrogen-bond acceptors (Lipinski definition) is 8. The van der Waals surface area contributed by atoms with Crippen molar-refractivity contribution in [1.82, 2.24) is 14.9 Å². The molecule has 1 aromatic heterocycles. The van der Waals surface area contributed by atoms with Crippen molar-refractivity contribution in [2.45, 2.75) is 74.9 Å². The highest BCUT2D eigenvalue weighted by molar-refractivity contribution is 7.99. The predicted octanol–water partition coefficient (Wildman–Crippen LogP) is 4.85. The van der Waals surface area contributed by atoms with E-state index in [2.05, 4.69) is 32.0 Å². The Bertz CT molecular complexity index is 1140. The van der Waals surface area contributed by atoms with Gasteiger partial charge in [-0.05, 0) is 88.6 Å². The number of amidine groups is 1. The molecular formula is C27H38N8OS. The van der Waals surface area contributed by atoms with Gasteiger partial charge in [-0.3, -0.25) is 9.69 Å². The fraction of sp³-hybridized carbons (Fsp3) is 0.519. The minimum Gasteiger partial charge on any atom is -0.387 e. The summed E-state index contributed by atoms with van der Waals surface area (Å²) in [6, 6.07) is 9.56. The van der Waals surface area contributed by atoms with Gasteiger partial charge in [0.15, 0.2) is 11.0 Å². The lowest BCUT2D eigenvalue weighted by molar-refractivity contribution is -0.115. The topological polar surface area (TPSA) is 124 Å². The van der Waals surface area contributed by atoms with E-state index >= 15 is 0 Å². The number of carbonyl (C=O) groups is 1. The number of aliphatic imine (C=N–C) groups is 1. The van der Waals surface area contributed by atoms with Gasteiger partial charge in [-0.2, -0.15) is 0 Å². The SMILES string of the molecule is CCC(=O)Nc1ccc(Sc2nc(N=C(N)CC(C)=N)cc(N3CCC(C)(N4CCCC4)CC3)n2)cc1. The fourth-order valence-electron chi connectivity index (χ4n) is 4.88. The third kappa shape index (κ3) is 7.29. The number of nitrogens with zero attached hydrogens (tertiary/aromatic N) is 5. The van der Waals surface area contributed by atoms with Gasteiger partial charge >= 0.3 is 0 Å². The summed E-state index contributed by atoms with van der Waals surface area (Å²) in [4.78, 5) is 31.7. The summed E-state index contributed by atoms with van der Waals surface area (Å²) >= 11 is 1.45. The molecule has 0 spiro atoms. The molecule has 1 amide bonds. The van der Waals surface area contributed by atoms with Crippen molar-refractivity contribution in [3.63, 3.8) is 0 Å². The quantitative estimate of drug-likeness (QED) is 0.244. The number of hydrogen-bond donors (Lipinski definition) is 3. The molecule has 0 aliphatic carbocycles. The second kappa shape index (κ2) is 12.0. The van der Waals surface area contributed by atoms with Gasteiger partial charge in [0.05, 0.1) is 0 Å². The largest absolute Gasteiger partial charge is 0.387 e. The van der Waals surface area contributed by atoms with Crippen molar-refractivity contribution in [1.29, 1.82) is 5.41 Å². The van der Waals surface area contributed by atoms with Crippen LogP contribution in [0, 0.1) is 5.41 Å². The average Bonchev–Trinajstić information content (AvgIpc) is 3.41. The van der Waals surface area contributed by atoms with Crippen LogP contribution in [0.2, 0.25) is 0 Å². The monoisotopic (exact) mass is 522 g/mol. The van der Waals surface area contributed by atoms with E-state index in [0.717, 1.165) is 42.3 Å². The van der Waals surface area contributed by atoms with Gasteiger partial charge < -0.3 is 21.4 Å². The molecule has 0 radical (unpaired) electrons. The van der Waals surface area contributed by atoms with Crippen LogP contribution in [-0.2, 0) is 4.79 Å². The van der Waals surface area contributed by atoms with Gasteiger partial charge in [-0.1, -0.05) is 6.92 Å². The van der Waals surface area contributed by atoms with E-state index in [4.69, 9.17) is 16.1 Å². The molecule has 4 rings (SSSR count). The molecule has 37 heavy (non-hydrogen) atoms. The van der Waals surface area contributed by atoms with Gasteiger partial charge in [0.1, 0.15) is 11.7 Å². The van der Waals surface area contributed by atoms with E-state index in [1.807, 2.05) is 37.3 Å². The van der Waals surface area contributed by atoms with E-state index < -0.39 is 0 Å². The highest BCUT2D eigenvalue weighted by atomic mass is 32.2. The van der Waals surface area contributed by atoms with E-state index in [-0.39, 0.29) is 11.4 Å². The van der Waals surface area contributed by atoms with Gasteiger partial charge in [0.25, 0.3) is 0 Å². The Hall–Kier alpha value is -2.98. The Morgan fingerprint density at radius 2 is 1.84 bits per heavy atom. The molecule has 3 heterocycles. The molecule has 1 aromatic carbocycles. The van der Waals surface area contributed by atoms with Crippen LogP contribution in [0.4, 0.5) is 17.3 Å². The van der Waals surface area contributed by atoms with Crippen LogP contribution in [0.1, 0.15) is 59.3 Å². The number of likely N-dealkylation sites (tertiary alicyclic amines) is 1. The van der Waals surface area contributed by atoms with Crippen LogP contribution in [0.15, 0.2) is 45.4 Å². The first-order valence-electron chi connectivity index (χ1n) is 13.1. The molecular weight excluding hydrogens is 484 g/mol. The Labute approximate surface area is 223 Å². The second-order valence-electron chi connectivity index (χ2n) is 10.1. The number of anilines is 2. The molecule has 0 bridgehead atoms. The number of piperidine rings is 1. The van der Waals surface area contributed by atoms with Crippen molar-refractivity contribution in [3.05, 3.63) is 30.3 Å². The van der Waals surface area contributed by atoms with Crippen LogP contribution in [0.3, 0.4) is 0 Å². The predicted molar refractivity (Wildman–Crippen MR) is 151 cm³/mol. The molecule has 2 saturated heterocycles. The molecule has 2 fully saturated rings. The number of rotatable bonds is 9. The number of carbonyl (C=O) groups excluding carboxylic acids is 1. The maximum absolute atomic E-state index is 11.7. The number of nitrogens with one attached hydrogen (secondary N) is 2. The third-order valence-electron chi connectivity index (χ3n) is 7.09. The van der Waals surface area contributed by atoms with E-state index in [1.165, 1.54) is 37.7 Å². The van der Waals surface area contributed by atoms with Crippen LogP contribution < -0.4 is 16.0 Å². The van der Waals surface area contributed by atoms with Crippen LogP contribution in [-0.4, -0.2) is 64.0 Å². The summed E-state index contributed by atoms with van der Waals surface area (Å²) in [7, 11) is 0. The molecule has 0 unspecified atom stereocenters. The molecule has 2 aliphatic rings. The molecule has 10 heteroatoms. The van der Waals surface area contributed by atoms with Gasteiger partial charge in [-0.25, -0.2) is 15.0 Å². The zero-order valence-electron chi connectivity index (χ0n) is 22.1. The smallest absolute Gasteiger partial charge is 0.224 e. The van der Waals surface area contributed by atoms with Gasteiger partial charge in [0.2, 0.25) is 5.91 Å². The molecule has 0 atom stereocenters. The Kier molecular flexibility index (Phi) is 8.81. The molecule has 0 saturated carbocycles. The summed E-state index contributed by atoms with van der Waals surface area (Å²) in [5.41, 5.74) is 7.57. The van der Waals surface area contributed by atoms with Crippen molar-refractivity contribution >= 4 is 46.5 Å². The summed E-state index contributed by atoms with van der Waals surface area (Å²) < 4.78 is 0. The highest BCUT2D eigenvalue weighted by Gasteiger charge is 2.37. The van der Waals surface area contributed by atoms with Crippen LogP contribution in [0.25, 0.3) is 0 Å². The zero-order chi connectivity index (χ0) is 26.4. The standard InChI is InChI=1S/C27H38N8OS/c1-4-25(36)30-20-7-9-21(10-8-20)37-26-32-23(31-22(29)17-19(2)28)18-24(33-26)34-15-11-27(3,12-16-34)35-13-5-6-14-35/h7-10,18,28H,4-6,11-17H2,1-3H3,(H,30,36)(H2,29,31,32,33). The van der Waals surface area contributed by atoms with Crippen LogP contribution >= 0.6 is 11.8 Å². The zero-order valence-corrected chi connectivity index (χ0v) is 22.9. The first-order valence-corrected chi connectivity index (χ1v) is 13.9. The van der Waals surface area contributed by atoms with Gasteiger partial charge in [0, 0.05) is 53.8 Å². The maximum atomic E-state index is 11.7. The number of benzene rings is 1. The van der Waals surface area contributed by atoms with E-state index in [0.29, 0.717) is 35.4 Å². The summed E-state index contributed by atoms with van der Waals surface area (Å²) in [5.74, 6) is 1.71. The van der Waals surface area contributed by atoms with Crippen molar-refractivity contribution < 1.29 is 4.79 Å². The summed E-state index contributed by atoms with van der Waals surface area (Å²) in [6.45, 7) is 10.2. The van der Waals surface area contributed by atoms with Crippen molar-refractivity contribution in [3.8, 4) is 0 Å². The van der Waals surface area contributed by atoms with Crippen molar-refractivity contribution in [2.24, 2.45) is 10.7 Å². The minimum atomic E-state index is -0.0148. The maximum Gasteiger partial charge on any atom is 0.224 e. The summed E-state index contributed by atoms with van der Waals surface area (Å²) in [5, 5.41) is 11.2. The lowest BCUT2D eigenvalue weighted by atomic mass is 9.88. The minimum absolute atomic E-state index is 0.0148. The lowest BCUT2D eigenvalue weighted by Gasteiger charge is -2.45. The number of nitrogens with two attached hydrogens (primary N) is 1. The second-order valence-corrected chi connectivity index (χ2v) is 11.2. The van der Waals surface area contributed by atoms with E-state index in [1.54, 1.807) is 6.92 Å². The first-order chi connectivity index (χ1) is 17.7.